The first kappa shape index (κ1) is 13.6. The van der Waals surface area contributed by atoms with Gasteiger partial charge in [0.15, 0.2) is 0 Å². The predicted molar refractivity (Wildman–Crippen MR) is 80.0 cm³/mol. The molecule has 5 nitrogen and oxygen atoms in total. The first-order valence-electron chi connectivity index (χ1n) is 6.07. The molecule has 0 spiro atoms. The zero-order valence-corrected chi connectivity index (χ0v) is 10.7. The van der Waals surface area contributed by atoms with Gasteiger partial charge >= 0.3 is 0 Å². The minimum atomic E-state index is -1.05. The van der Waals surface area contributed by atoms with E-state index in [9.17, 15) is 10.1 Å². The molecule has 0 saturated heterocycles. The van der Waals surface area contributed by atoms with Gasteiger partial charge in [0, 0.05) is 4.92 Å². The first-order chi connectivity index (χ1) is 9.75. The van der Waals surface area contributed by atoms with Crippen molar-refractivity contribution in [2.75, 3.05) is 0 Å². The van der Waals surface area contributed by atoms with Crippen LogP contribution in [0.2, 0.25) is 0 Å². The highest BCUT2D eigenvalue weighted by molar-refractivity contribution is 5.88. The Bertz CT molecular complexity index is 560. The lowest BCUT2D eigenvalue weighted by Gasteiger charge is -1.98. The highest BCUT2D eigenvalue weighted by Crippen LogP contribution is 2.10. The van der Waals surface area contributed by atoms with Gasteiger partial charge in [-0.25, -0.2) is 0 Å². The van der Waals surface area contributed by atoms with Crippen molar-refractivity contribution < 1.29 is 4.92 Å². The fraction of sp³-hybridized carbons (Fsp3) is 0.0667. The molecule has 100 valence electrons. The quantitative estimate of drug-likeness (QED) is 0.473. The summed E-state index contributed by atoms with van der Waals surface area (Å²) >= 11 is 0. The number of hydrogen-bond donors (Lipinski definition) is 0. The van der Waals surface area contributed by atoms with Crippen LogP contribution in [0.5, 0.6) is 0 Å². The Morgan fingerprint density at radius 3 is 1.60 bits per heavy atom. The van der Waals surface area contributed by atoms with E-state index < -0.39 is 11.0 Å². The molecule has 0 N–H and O–H groups in total. The molecule has 0 aromatic heterocycles. The highest BCUT2D eigenvalue weighted by atomic mass is 16.6. The van der Waals surface area contributed by atoms with Gasteiger partial charge in [0.1, 0.15) is 0 Å². The molecule has 0 aliphatic carbocycles. The summed E-state index contributed by atoms with van der Waals surface area (Å²) in [6, 6.07) is 17.1. The fourth-order valence-electron chi connectivity index (χ4n) is 1.50. The minimum Gasteiger partial charge on any atom is -0.263 e. The van der Waals surface area contributed by atoms with Crippen molar-refractivity contribution in [1.29, 1.82) is 0 Å². The smallest absolute Gasteiger partial charge is 0.263 e. The second-order valence-corrected chi connectivity index (χ2v) is 4.00. The van der Waals surface area contributed by atoms with Gasteiger partial charge in [-0.3, -0.25) is 20.1 Å². The maximum Gasteiger partial charge on any atom is 0.282 e. The predicted octanol–water partition coefficient (Wildman–Crippen LogP) is 3.44. The Morgan fingerprint density at radius 1 is 0.850 bits per heavy atom. The van der Waals surface area contributed by atoms with Gasteiger partial charge in [0.2, 0.25) is 0 Å². The molecule has 2 aromatic rings. The zero-order chi connectivity index (χ0) is 14.2. The van der Waals surface area contributed by atoms with Gasteiger partial charge < -0.3 is 0 Å². The number of nitrogens with zero attached hydrogens (tertiary/aromatic N) is 3. The van der Waals surface area contributed by atoms with Gasteiger partial charge in [0.05, 0.1) is 23.8 Å². The van der Waals surface area contributed by atoms with Crippen LogP contribution in [0.4, 0.5) is 11.4 Å². The van der Waals surface area contributed by atoms with Gasteiger partial charge in [-0.05, 0) is 24.3 Å². The van der Waals surface area contributed by atoms with E-state index in [0.717, 1.165) is 0 Å². The van der Waals surface area contributed by atoms with Crippen LogP contribution in [0.25, 0.3) is 0 Å². The molecular formula is C15H13N3O2. The molecule has 0 bridgehead atoms. The van der Waals surface area contributed by atoms with E-state index in [2.05, 4.69) is 9.98 Å². The van der Waals surface area contributed by atoms with Crippen LogP contribution in [0.15, 0.2) is 70.6 Å². The van der Waals surface area contributed by atoms with Crippen molar-refractivity contribution in [2.24, 2.45) is 9.98 Å². The summed E-state index contributed by atoms with van der Waals surface area (Å²) in [4.78, 5) is 18.7. The number of hydrogen-bond acceptors (Lipinski definition) is 4. The molecule has 0 amide bonds. The van der Waals surface area contributed by atoms with Crippen LogP contribution in [-0.4, -0.2) is 23.4 Å². The molecule has 0 saturated carbocycles. The van der Waals surface area contributed by atoms with Crippen LogP contribution < -0.4 is 0 Å². The summed E-state index contributed by atoms with van der Waals surface area (Å²) in [5.74, 6) is 0. The summed E-state index contributed by atoms with van der Waals surface area (Å²) < 4.78 is 0. The van der Waals surface area contributed by atoms with E-state index in [4.69, 9.17) is 0 Å². The first-order valence-corrected chi connectivity index (χ1v) is 6.07. The molecule has 2 aromatic carbocycles. The third kappa shape index (κ3) is 4.13. The van der Waals surface area contributed by atoms with Crippen LogP contribution in [0, 0.1) is 10.1 Å². The molecule has 0 aliphatic heterocycles. The average molecular weight is 267 g/mol. The Morgan fingerprint density at radius 2 is 1.25 bits per heavy atom. The summed E-state index contributed by atoms with van der Waals surface area (Å²) in [5, 5.41) is 11.0. The Balaban J connectivity index is 2.10. The van der Waals surface area contributed by atoms with Crippen LogP contribution in [0.1, 0.15) is 0 Å². The number of nitro groups is 1. The van der Waals surface area contributed by atoms with Crippen molar-refractivity contribution in [3.05, 3.63) is 70.8 Å². The van der Waals surface area contributed by atoms with Crippen molar-refractivity contribution in [3.8, 4) is 0 Å². The Hall–Kier alpha value is -2.82. The highest BCUT2D eigenvalue weighted by Gasteiger charge is 2.13. The van der Waals surface area contributed by atoms with E-state index in [1.54, 1.807) is 24.3 Å². The standard InChI is InChI=1S/C15H13N3O2/c19-18(20)15(11-16-13-7-3-1-4-8-13)12-17-14-9-5-2-6-10-14/h1-12,15H. The van der Waals surface area contributed by atoms with E-state index in [1.807, 2.05) is 36.4 Å². The number of para-hydroxylation sites is 2. The van der Waals surface area contributed by atoms with Gasteiger partial charge in [-0.1, -0.05) is 36.4 Å². The zero-order valence-electron chi connectivity index (χ0n) is 10.7. The summed E-state index contributed by atoms with van der Waals surface area (Å²) in [6.45, 7) is 0. The molecule has 0 aliphatic rings. The molecule has 5 heteroatoms. The van der Waals surface area contributed by atoms with Crippen molar-refractivity contribution in [2.45, 2.75) is 6.04 Å². The lowest BCUT2D eigenvalue weighted by atomic mass is 10.3. The largest absolute Gasteiger partial charge is 0.282 e. The lowest BCUT2D eigenvalue weighted by molar-refractivity contribution is -0.482. The number of rotatable bonds is 5. The summed E-state index contributed by atoms with van der Waals surface area (Å²) in [5.41, 5.74) is 1.35. The number of aliphatic imine (C=N–C) groups is 2. The molecule has 20 heavy (non-hydrogen) atoms. The van der Waals surface area contributed by atoms with Gasteiger partial charge in [-0.2, -0.15) is 0 Å². The average Bonchev–Trinajstić information content (AvgIpc) is 2.49. The molecule has 0 heterocycles. The molecule has 0 radical (unpaired) electrons. The van der Waals surface area contributed by atoms with Crippen LogP contribution in [0.3, 0.4) is 0 Å². The fourth-order valence-corrected chi connectivity index (χ4v) is 1.50. The van der Waals surface area contributed by atoms with E-state index >= 15 is 0 Å². The molecule has 0 unspecified atom stereocenters. The maximum absolute atomic E-state index is 11.0. The second-order valence-electron chi connectivity index (χ2n) is 4.00. The lowest BCUT2D eigenvalue weighted by Crippen LogP contribution is -2.22. The molecule has 2 rings (SSSR count). The van der Waals surface area contributed by atoms with Crippen molar-refractivity contribution in [1.82, 2.24) is 0 Å². The Kier molecular flexibility index (Phi) is 4.72. The minimum absolute atomic E-state index is 0.432. The maximum atomic E-state index is 11.0. The van der Waals surface area contributed by atoms with Gasteiger partial charge in [0.25, 0.3) is 6.04 Å². The molecular weight excluding hydrogens is 254 g/mol. The molecule has 0 fully saturated rings. The van der Waals surface area contributed by atoms with Gasteiger partial charge in [-0.15, -0.1) is 0 Å². The van der Waals surface area contributed by atoms with E-state index in [0.29, 0.717) is 11.4 Å². The topological polar surface area (TPSA) is 67.9 Å². The normalized spacial score (nSPS) is 12.8. The van der Waals surface area contributed by atoms with Crippen LogP contribution >= 0.6 is 0 Å². The number of benzene rings is 2. The third-order valence-corrected chi connectivity index (χ3v) is 2.51. The second kappa shape index (κ2) is 6.94. The van der Waals surface area contributed by atoms with Crippen molar-refractivity contribution >= 4 is 23.8 Å². The monoisotopic (exact) mass is 267 g/mol. The Labute approximate surface area is 116 Å². The van der Waals surface area contributed by atoms with Crippen molar-refractivity contribution in [3.63, 3.8) is 0 Å². The SMILES string of the molecule is O=[N+]([O-])C(C=Nc1ccccc1)C=Nc1ccccc1. The van der Waals surface area contributed by atoms with Crippen LogP contribution in [-0.2, 0) is 0 Å². The summed E-state index contributed by atoms with van der Waals surface area (Å²) in [7, 11) is 0. The van der Waals surface area contributed by atoms with E-state index in [-0.39, 0.29) is 0 Å². The summed E-state index contributed by atoms with van der Waals surface area (Å²) in [6.07, 6.45) is 2.56. The third-order valence-electron chi connectivity index (χ3n) is 2.51. The molecule has 0 atom stereocenters. The van der Waals surface area contributed by atoms with E-state index in [1.165, 1.54) is 12.4 Å².